The summed E-state index contributed by atoms with van der Waals surface area (Å²) in [6.07, 6.45) is 5.58. The van der Waals surface area contributed by atoms with Crippen molar-refractivity contribution in [2.45, 2.75) is 83.1 Å². The number of hydrogen-bond donors (Lipinski definition) is 1. The zero-order chi connectivity index (χ0) is 24.9. The minimum Gasteiger partial charge on any atom is -0.453 e. The molecule has 1 saturated heterocycles. The van der Waals surface area contributed by atoms with E-state index in [0.717, 1.165) is 59.7 Å². The van der Waals surface area contributed by atoms with Crippen molar-refractivity contribution in [1.82, 2.24) is 15.2 Å². The third kappa shape index (κ3) is 6.54. The molecular weight excluding hydrogens is 486 g/mol. The lowest BCUT2D eigenvalue weighted by Gasteiger charge is -2.34. The van der Waals surface area contributed by atoms with Crippen molar-refractivity contribution in [1.29, 1.82) is 0 Å². The van der Waals surface area contributed by atoms with Gasteiger partial charge in [-0.1, -0.05) is 23.7 Å². The number of ether oxygens (including phenoxy) is 2. The van der Waals surface area contributed by atoms with Crippen molar-refractivity contribution in [2.24, 2.45) is 0 Å². The molecule has 9 heteroatoms. The number of benzene rings is 1. The Hall–Kier alpha value is -2.16. The van der Waals surface area contributed by atoms with Gasteiger partial charge in [-0.25, -0.2) is 9.78 Å². The van der Waals surface area contributed by atoms with Crippen molar-refractivity contribution in [2.75, 3.05) is 13.7 Å². The lowest BCUT2D eigenvalue weighted by atomic mass is 10.0. The quantitative estimate of drug-likeness (QED) is 0.426. The molecule has 190 valence electrons. The smallest absolute Gasteiger partial charge is 0.406 e. The Labute approximate surface area is 216 Å². The number of carbonyl (C=O) groups excluding carboxylic acids is 2. The highest BCUT2D eigenvalue weighted by Gasteiger charge is 2.41. The van der Waals surface area contributed by atoms with Crippen molar-refractivity contribution >= 4 is 34.9 Å². The van der Waals surface area contributed by atoms with Crippen LogP contribution < -0.4 is 5.32 Å². The van der Waals surface area contributed by atoms with Gasteiger partial charge in [0, 0.05) is 17.6 Å². The van der Waals surface area contributed by atoms with Crippen molar-refractivity contribution in [3.8, 4) is 10.4 Å². The van der Waals surface area contributed by atoms with Crippen molar-refractivity contribution in [3.63, 3.8) is 0 Å². The second kappa shape index (κ2) is 11.7. The number of alkyl carbamates (subject to hydrolysis) is 1. The molecule has 0 spiro atoms. The molecule has 0 radical (unpaired) electrons. The van der Waals surface area contributed by atoms with Gasteiger partial charge in [-0.2, -0.15) is 0 Å². The fourth-order valence-corrected chi connectivity index (χ4v) is 5.96. The van der Waals surface area contributed by atoms with Gasteiger partial charge in [-0.05, 0) is 76.5 Å². The molecule has 3 atom stereocenters. The maximum Gasteiger partial charge on any atom is 0.406 e. The van der Waals surface area contributed by atoms with Gasteiger partial charge in [-0.3, -0.25) is 4.79 Å². The zero-order valence-electron chi connectivity index (χ0n) is 20.6. The van der Waals surface area contributed by atoms with Crippen LogP contribution in [0.3, 0.4) is 0 Å². The number of methoxy groups -OCH3 is 1. The van der Waals surface area contributed by atoms with Gasteiger partial charge in [0.15, 0.2) is 0 Å². The maximum atomic E-state index is 13.6. The minimum atomic E-state index is -0.439. The van der Waals surface area contributed by atoms with E-state index in [1.165, 1.54) is 7.11 Å². The first-order valence-electron chi connectivity index (χ1n) is 12.4. The van der Waals surface area contributed by atoms with Crippen LogP contribution in [0.5, 0.6) is 0 Å². The average molecular weight is 520 g/mol. The molecule has 7 nitrogen and oxygen atoms in total. The molecule has 0 unspecified atom stereocenters. The van der Waals surface area contributed by atoms with E-state index in [2.05, 4.69) is 17.0 Å². The van der Waals surface area contributed by atoms with E-state index in [4.69, 9.17) is 21.3 Å². The molecule has 0 bridgehead atoms. The van der Waals surface area contributed by atoms with Gasteiger partial charge >= 0.3 is 6.09 Å². The van der Waals surface area contributed by atoms with Crippen LogP contribution in [-0.2, 0) is 20.7 Å². The molecule has 1 saturated carbocycles. The predicted molar refractivity (Wildman–Crippen MR) is 138 cm³/mol. The van der Waals surface area contributed by atoms with Crippen molar-refractivity contribution in [3.05, 3.63) is 40.0 Å². The largest absolute Gasteiger partial charge is 0.453 e. The molecule has 1 aromatic heterocycles. The molecule has 1 aliphatic carbocycles. The van der Waals surface area contributed by atoms with Gasteiger partial charge in [0.1, 0.15) is 11.1 Å². The third-order valence-corrected chi connectivity index (χ3v) is 8.12. The van der Waals surface area contributed by atoms with Gasteiger partial charge in [0.2, 0.25) is 0 Å². The molecular formula is C26H34ClN3O4S. The highest BCUT2D eigenvalue weighted by atomic mass is 35.5. The molecule has 2 amide bonds. The van der Waals surface area contributed by atoms with E-state index >= 15 is 0 Å². The van der Waals surface area contributed by atoms with Crippen LogP contribution in [0.25, 0.3) is 10.4 Å². The summed E-state index contributed by atoms with van der Waals surface area (Å²) in [5.74, 6) is 0.0925. The van der Waals surface area contributed by atoms with Gasteiger partial charge in [0.05, 0.1) is 29.8 Å². The Bertz CT molecular complexity index is 1040. The SMILES string of the molecule is COC(=O)NCCCc1nc([C@@H](C)N(C(=O)[C@H]2CCC[C@@H](C)O2)C2CC2)sc1-c1cccc(Cl)c1. The van der Waals surface area contributed by atoms with Crippen LogP contribution in [0.2, 0.25) is 5.02 Å². The average Bonchev–Trinajstić information content (AvgIpc) is 3.59. The number of carbonyl (C=O) groups is 2. The number of aromatic nitrogens is 1. The minimum absolute atomic E-state index is 0.0925. The maximum absolute atomic E-state index is 13.6. The van der Waals surface area contributed by atoms with Crippen LogP contribution >= 0.6 is 22.9 Å². The molecule has 2 heterocycles. The fourth-order valence-electron chi connectivity index (χ4n) is 4.61. The van der Waals surface area contributed by atoms with Crippen molar-refractivity contribution < 1.29 is 19.1 Å². The number of nitrogens with zero attached hydrogens (tertiary/aromatic N) is 2. The summed E-state index contributed by atoms with van der Waals surface area (Å²) in [5.41, 5.74) is 1.97. The van der Waals surface area contributed by atoms with E-state index in [-0.39, 0.29) is 30.2 Å². The van der Waals surface area contributed by atoms with E-state index in [9.17, 15) is 9.59 Å². The molecule has 2 fully saturated rings. The van der Waals surface area contributed by atoms with Gasteiger partial charge in [-0.15, -0.1) is 11.3 Å². The van der Waals surface area contributed by atoms with E-state index < -0.39 is 6.09 Å². The molecule has 1 aliphatic heterocycles. The highest BCUT2D eigenvalue weighted by molar-refractivity contribution is 7.15. The lowest BCUT2D eigenvalue weighted by molar-refractivity contribution is -0.154. The third-order valence-electron chi connectivity index (χ3n) is 6.56. The lowest BCUT2D eigenvalue weighted by Crippen LogP contribution is -2.45. The molecule has 2 aromatic rings. The number of hydrogen-bond acceptors (Lipinski definition) is 6. The summed E-state index contributed by atoms with van der Waals surface area (Å²) in [7, 11) is 1.35. The Kier molecular flexibility index (Phi) is 8.68. The summed E-state index contributed by atoms with van der Waals surface area (Å²) in [4.78, 5) is 33.0. The van der Waals surface area contributed by atoms with Gasteiger partial charge < -0.3 is 19.7 Å². The number of aryl methyl sites for hydroxylation is 1. The normalized spacial score (nSPS) is 20.8. The van der Waals surface area contributed by atoms with Crippen LogP contribution in [0.1, 0.15) is 69.1 Å². The number of rotatable bonds is 9. The number of halogens is 1. The molecule has 1 aromatic carbocycles. The number of amides is 2. The summed E-state index contributed by atoms with van der Waals surface area (Å²) in [6.45, 7) is 4.61. The Morgan fingerprint density at radius 3 is 2.80 bits per heavy atom. The molecule has 4 rings (SSSR count). The highest BCUT2D eigenvalue weighted by Crippen LogP contribution is 2.41. The Morgan fingerprint density at radius 1 is 1.31 bits per heavy atom. The first-order chi connectivity index (χ1) is 16.9. The fraction of sp³-hybridized carbons (Fsp3) is 0.577. The Morgan fingerprint density at radius 2 is 2.11 bits per heavy atom. The monoisotopic (exact) mass is 519 g/mol. The summed E-state index contributed by atoms with van der Waals surface area (Å²) < 4.78 is 10.7. The first-order valence-corrected chi connectivity index (χ1v) is 13.6. The predicted octanol–water partition coefficient (Wildman–Crippen LogP) is 5.76. The Balaban J connectivity index is 1.57. The molecule has 1 N–H and O–H groups in total. The summed E-state index contributed by atoms with van der Waals surface area (Å²) >= 11 is 7.91. The summed E-state index contributed by atoms with van der Waals surface area (Å²) in [5, 5.41) is 4.31. The summed E-state index contributed by atoms with van der Waals surface area (Å²) in [6, 6.07) is 7.88. The standard InChI is InChI=1S/C26H34ClN3O4S/c1-16-7-4-11-22(34-16)25(31)30(20-12-13-20)17(2)24-29-21(10-6-14-28-26(32)33-3)23(35-24)18-8-5-9-19(27)15-18/h5,8-9,15-17,20,22H,4,6-7,10-14H2,1-3H3,(H,28,32)/t16-,17-,22-/m1/s1. The number of nitrogens with one attached hydrogen (secondary N) is 1. The van der Waals surface area contributed by atoms with E-state index in [1.54, 1.807) is 11.3 Å². The zero-order valence-corrected chi connectivity index (χ0v) is 22.2. The first kappa shape index (κ1) is 25.9. The second-order valence-electron chi connectivity index (χ2n) is 9.38. The van der Waals surface area contributed by atoms with Crippen LogP contribution in [0.15, 0.2) is 24.3 Å². The van der Waals surface area contributed by atoms with Gasteiger partial charge in [0.25, 0.3) is 5.91 Å². The topological polar surface area (TPSA) is 80.8 Å². The molecule has 35 heavy (non-hydrogen) atoms. The van der Waals surface area contributed by atoms with Crippen LogP contribution in [0.4, 0.5) is 4.79 Å². The van der Waals surface area contributed by atoms with Crippen LogP contribution in [-0.4, -0.2) is 53.8 Å². The second-order valence-corrected chi connectivity index (χ2v) is 10.8. The van der Waals surface area contributed by atoms with E-state index in [0.29, 0.717) is 18.0 Å². The van der Waals surface area contributed by atoms with E-state index in [1.807, 2.05) is 36.1 Å². The van der Waals surface area contributed by atoms with Crippen LogP contribution in [0, 0.1) is 0 Å². The molecule has 2 aliphatic rings. The number of thiazole rings is 1.